The van der Waals surface area contributed by atoms with Crippen molar-refractivity contribution in [3.63, 3.8) is 0 Å². The Morgan fingerprint density at radius 1 is 1.33 bits per heavy atom. The van der Waals surface area contributed by atoms with Gasteiger partial charge in [-0.1, -0.05) is 25.5 Å². The molecule has 5 heteroatoms. The van der Waals surface area contributed by atoms with Crippen LogP contribution < -0.4 is 15.4 Å². The number of urea groups is 1. The maximum Gasteiger partial charge on any atom is 0.317 e. The van der Waals surface area contributed by atoms with E-state index in [4.69, 9.17) is 9.47 Å². The molecule has 2 rings (SSSR count). The number of nitrogens with one attached hydrogen (secondary N) is 2. The van der Waals surface area contributed by atoms with E-state index in [1.165, 1.54) is 5.56 Å². The van der Waals surface area contributed by atoms with Crippen LogP contribution in [0.4, 0.5) is 4.79 Å². The third kappa shape index (κ3) is 5.63. The monoisotopic (exact) mass is 292 g/mol. The lowest BCUT2D eigenvalue weighted by atomic mass is 10.1. The first-order chi connectivity index (χ1) is 10.3. The van der Waals surface area contributed by atoms with Gasteiger partial charge < -0.3 is 20.1 Å². The van der Waals surface area contributed by atoms with Gasteiger partial charge in [0.1, 0.15) is 5.75 Å². The molecule has 1 aliphatic heterocycles. The van der Waals surface area contributed by atoms with E-state index in [1.807, 2.05) is 12.1 Å². The standard InChI is InChI=1S/C16H24N2O3/c1-2-4-13-6-8-14(9-7-13)21-12-18-16(19)17-11-15-5-3-10-20-15/h6-9,15H,2-5,10-12H2,1H3,(H2,17,18,19). The van der Waals surface area contributed by atoms with Gasteiger partial charge in [0.2, 0.25) is 0 Å². The zero-order valence-electron chi connectivity index (χ0n) is 12.6. The van der Waals surface area contributed by atoms with Crippen molar-refractivity contribution in [2.75, 3.05) is 19.9 Å². The number of hydrogen-bond donors (Lipinski definition) is 2. The summed E-state index contributed by atoms with van der Waals surface area (Å²) in [5.41, 5.74) is 1.30. The van der Waals surface area contributed by atoms with Crippen molar-refractivity contribution in [3.8, 4) is 5.75 Å². The maximum atomic E-state index is 11.6. The van der Waals surface area contributed by atoms with Gasteiger partial charge in [-0.15, -0.1) is 0 Å². The maximum absolute atomic E-state index is 11.6. The molecule has 1 aliphatic rings. The van der Waals surface area contributed by atoms with Gasteiger partial charge in [0.15, 0.2) is 6.73 Å². The van der Waals surface area contributed by atoms with Crippen LogP contribution in [0.3, 0.4) is 0 Å². The Hall–Kier alpha value is -1.75. The van der Waals surface area contributed by atoms with Crippen molar-refractivity contribution in [1.29, 1.82) is 0 Å². The summed E-state index contributed by atoms with van der Waals surface area (Å²) in [6.07, 6.45) is 4.45. The van der Waals surface area contributed by atoms with E-state index in [-0.39, 0.29) is 18.9 Å². The Labute approximate surface area is 126 Å². The first-order valence-electron chi connectivity index (χ1n) is 7.63. The van der Waals surface area contributed by atoms with Gasteiger partial charge in [0.05, 0.1) is 6.10 Å². The predicted octanol–water partition coefficient (Wildman–Crippen LogP) is 2.45. The number of amides is 2. The quantitative estimate of drug-likeness (QED) is 0.759. The number of carbonyl (C=O) groups is 1. The average molecular weight is 292 g/mol. The number of rotatable bonds is 7. The first kappa shape index (κ1) is 15.6. The van der Waals surface area contributed by atoms with E-state index >= 15 is 0 Å². The second kappa shape index (κ2) is 8.52. The van der Waals surface area contributed by atoms with E-state index in [0.29, 0.717) is 6.54 Å². The van der Waals surface area contributed by atoms with Crippen molar-refractivity contribution >= 4 is 6.03 Å². The number of ether oxygens (including phenoxy) is 2. The topological polar surface area (TPSA) is 59.6 Å². The van der Waals surface area contributed by atoms with Crippen LogP contribution in [0.5, 0.6) is 5.75 Å². The second-order valence-corrected chi connectivity index (χ2v) is 5.20. The molecule has 0 aliphatic carbocycles. The SMILES string of the molecule is CCCc1ccc(OCNC(=O)NCC2CCCO2)cc1. The molecular weight excluding hydrogens is 268 g/mol. The minimum Gasteiger partial charge on any atom is -0.473 e. The van der Waals surface area contributed by atoms with Gasteiger partial charge in [-0.05, 0) is 37.0 Å². The fourth-order valence-corrected chi connectivity index (χ4v) is 2.30. The predicted molar refractivity (Wildman–Crippen MR) is 81.4 cm³/mol. The molecule has 2 amide bonds. The summed E-state index contributed by atoms with van der Waals surface area (Å²) in [6, 6.07) is 7.73. The lowest BCUT2D eigenvalue weighted by Crippen LogP contribution is -2.41. The van der Waals surface area contributed by atoms with Crippen LogP contribution in [0, 0.1) is 0 Å². The minimum absolute atomic E-state index is 0.155. The Balaban J connectivity index is 1.60. The van der Waals surface area contributed by atoms with Crippen molar-refractivity contribution < 1.29 is 14.3 Å². The molecule has 116 valence electrons. The molecule has 1 fully saturated rings. The highest BCUT2D eigenvalue weighted by molar-refractivity contribution is 5.73. The molecule has 1 unspecified atom stereocenters. The molecule has 0 bridgehead atoms. The van der Waals surface area contributed by atoms with Crippen molar-refractivity contribution in [2.24, 2.45) is 0 Å². The van der Waals surface area contributed by atoms with Gasteiger partial charge in [0, 0.05) is 13.2 Å². The molecule has 1 heterocycles. The molecule has 0 saturated carbocycles. The normalized spacial score (nSPS) is 17.5. The van der Waals surface area contributed by atoms with E-state index in [9.17, 15) is 4.79 Å². The first-order valence-corrected chi connectivity index (χ1v) is 7.63. The smallest absolute Gasteiger partial charge is 0.317 e. The van der Waals surface area contributed by atoms with Crippen LogP contribution in [-0.2, 0) is 11.2 Å². The molecule has 0 spiro atoms. The summed E-state index contributed by atoms with van der Waals surface area (Å²) < 4.78 is 10.9. The number of hydrogen-bond acceptors (Lipinski definition) is 3. The summed E-state index contributed by atoms with van der Waals surface area (Å²) in [4.78, 5) is 11.6. The molecule has 0 radical (unpaired) electrons. The molecule has 1 aromatic carbocycles. The van der Waals surface area contributed by atoms with E-state index < -0.39 is 0 Å². The van der Waals surface area contributed by atoms with E-state index in [0.717, 1.165) is 38.0 Å². The summed E-state index contributed by atoms with van der Waals surface area (Å²) in [6.45, 7) is 3.66. The van der Waals surface area contributed by atoms with E-state index in [1.54, 1.807) is 0 Å². The molecule has 0 aromatic heterocycles. The van der Waals surface area contributed by atoms with Crippen LogP contribution in [-0.4, -0.2) is 32.0 Å². The fraction of sp³-hybridized carbons (Fsp3) is 0.562. The highest BCUT2D eigenvalue weighted by atomic mass is 16.5. The lowest BCUT2D eigenvalue weighted by molar-refractivity contribution is 0.111. The van der Waals surface area contributed by atoms with Crippen LogP contribution in [0.15, 0.2) is 24.3 Å². The Bertz CT molecular complexity index is 428. The third-order valence-corrected chi connectivity index (χ3v) is 3.45. The summed E-state index contributed by atoms with van der Waals surface area (Å²) in [5, 5.41) is 5.45. The fourth-order valence-electron chi connectivity index (χ4n) is 2.30. The van der Waals surface area contributed by atoms with Crippen molar-refractivity contribution in [1.82, 2.24) is 10.6 Å². The zero-order chi connectivity index (χ0) is 14.9. The number of carbonyl (C=O) groups excluding carboxylic acids is 1. The molecular formula is C16H24N2O3. The Morgan fingerprint density at radius 3 is 2.81 bits per heavy atom. The number of aryl methyl sites for hydroxylation is 1. The van der Waals surface area contributed by atoms with Crippen LogP contribution in [0.25, 0.3) is 0 Å². The van der Waals surface area contributed by atoms with Gasteiger partial charge in [-0.25, -0.2) is 4.79 Å². The van der Waals surface area contributed by atoms with Crippen LogP contribution >= 0.6 is 0 Å². The van der Waals surface area contributed by atoms with Gasteiger partial charge in [0.25, 0.3) is 0 Å². The summed E-state index contributed by atoms with van der Waals surface area (Å²) in [7, 11) is 0. The molecule has 1 aromatic rings. The summed E-state index contributed by atoms with van der Waals surface area (Å²) >= 11 is 0. The zero-order valence-corrected chi connectivity index (χ0v) is 12.6. The lowest BCUT2D eigenvalue weighted by Gasteiger charge is -2.12. The average Bonchev–Trinajstić information content (AvgIpc) is 3.01. The molecule has 1 atom stereocenters. The highest BCUT2D eigenvalue weighted by Gasteiger charge is 2.15. The third-order valence-electron chi connectivity index (χ3n) is 3.45. The van der Waals surface area contributed by atoms with Crippen molar-refractivity contribution in [3.05, 3.63) is 29.8 Å². The van der Waals surface area contributed by atoms with Gasteiger partial charge in [-0.3, -0.25) is 0 Å². The molecule has 21 heavy (non-hydrogen) atoms. The summed E-state index contributed by atoms with van der Waals surface area (Å²) in [5.74, 6) is 0.759. The molecule has 2 N–H and O–H groups in total. The molecule has 1 saturated heterocycles. The second-order valence-electron chi connectivity index (χ2n) is 5.20. The van der Waals surface area contributed by atoms with Crippen LogP contribution in [0.1, 0.15) is 31.7 Å². The van der Waals surface area contributed by atoms with Gasteiger partial charge >= 0.3 is 6.03 Å². The molecule has 5 nitrogen and oxygen atoms in total. The Morgan fingerprint density at radius 2 is 2.14 bits per heavy atom. The van der Waals surface area contributed by atoms with Crippen molar-refractivity contribution in [2.45, 2.75) is 38.7 Å². The Kier molecular flexibility index (Phi) is 6.34. The van der Waals surface area contributed by atoms with Crippen LogP contribution in [0.2, 0.25) is 0 Å². The van der Waals surface area contributed by atoms with E-state index in [2.05, 4.69) is 29.7 Å². The minimum atomic E-state index is -0.229. The number of benzene rings is 1. The highest BCUT2D eigenvalue weighted by Crippen LogP contribution is 2.13. The van der Waals surface area contributed by atoms with Gasteiger partial charge in [-0.2, -0.15) is 0 Å². The largest absolute Gasteiger partial charge is 0.473 e.